The number of piperidine rings is 1. The van der Waals surface area contributed by atoms with Gasteiger partial charge in [-0.25, -0.2) is 4.98 Å². The lowest BCUT2D eigenvalue weighted by atomic mass is 10.1. The van der Waals surface area contributed by atoms with E-state index in [-0.39, 0.29) is 5.91 Å². The van der Waals surface area contributed by atoms with Crippen molar-refractivity contribution in [3.05, 3.63) is 16.1 Å². The summed E-state index contributed by atoms with van der Waals surface area (Å²) in [6, 6.07) is 0.366. The molecule has 0 aliphatic carbocycles. The van der Waals surface area contributed by atoms with Gasteiger partial charge in [0.2, 0.25) is 0 Å². The Labute approximate surface area is 136 Å². The average Bonchev–Trinajstić information content (AvgIpc) is 3.18. The third-order valence-electron chi connectivity index (χ3n) is 4.68. The normalized spacial score (nSPS) is 23.1. The highest BCUT2D eigenvalue weighted by atomic mass is 32.1. The van der Waals surface area contributed by atoms with Crippen LogP contribution in [0.15, 0.2) is 5.38 Å². The predicted molar refractivity (Wildman–Crippen MR) is 89.2 cm³/mol. The van der Waals surface area contributed by atoms with Gasteiger partial charge in [0.05, 0.1) is 5.01 Å². The van der Waals surface area contributed by atoms with Crippen molar-refractivity contribution in [1.29, 1.82) is 0 Å². The molecule has 1 unspecified atom stereocenters. The summed E-state index contributed by atoms with van der Waals surface area (Å²) in [5.74, 6) is 0.110. The van der Waals surface area contributed by atoms with Gasteiger partial charge in [-0.3, -0.25) is 4.79 Å². The molecule has 2 aliphatic rings. The summed E-state index contributed by atoms with van der Waals surface area (Å²) in [4.78, 5) is 21.8. The van der Waals surface area contributed by atoms with E-state index in [1.807, 2.05) is 5.38 Å². The molecule has 0 radical (unpaired) electrons. The zero-order valence-electron chi connectivity index (χ0n) is 13.2. The molecule has 22 heavy (non-hydrogen) atoms. The third-order valence-corrected chi connectivity index (χ3v) is 5.59. The van der Waals surface area contributed by atoms with Crippen molar-refractivity contribution in [3.8, 4) is 0 Å². The van der Waals surface area contributed by atoms with Crippen molar-refractivity contribution >= 4 is 17.2 Å². The number of nitrogens with zero attached hydrogens (tertiary/aromatic N) is 3. The van der Waals surface area contributed by atoms with Crippen LogP contribution in [0.5, 0.6) is 0 Å². The second kappa shape index (κ2) is 7.53. The maximum Gasteiger partial charge on any atom is 0.273 e. The second-order valence-electron chi connectivity index (χ2n) is 6.32. The minimum atomic E-state index is 0.110. The van der Waals surface area contributed by atoms with E-state index in [1.165, 1.54) is 32.4 Å². The largest absolute Gasteiger partial charge is 0.333 e. The van der Waals surface area contributed by atoms with Crippen molar-refractivity contribution < 1.29 is 4.79 Å². The van der Waals surface area contributed by atoms with Gasteiger partial charge in [-0.05, 0) is 45.3 Å². The first-order valence-electron chi connectivity index (χ1n) is 8.45. The summed E-state index contributed by atoms with van der Waals surface area (Å²) in [6.07, 6.45) is 6.96. The summed E-state index contributed by atoms with van der Waals surface area (Å²) < 4.78 is 0. The predicted octanol–water partition coefficient (Wildman–Crippen LogP) is 1.73. The van der Waals surface area contributed by atoms with Gasteiger partial charge < -0.3 is 15.5 Å². The molecular weight excluding hydrogens is 296 g/mol. The van der Waals surface area contributed by atoms with E-state index in [1.54, 1.807) is 11.3 Å². The lowest BCUT2D eigenvalue weighted by Gasteiger charge is -2.32. The molecule has 1 aromatic heterocycles. The number of carbonyl (C=O) groups is 1. The molecule has 0 bridgehead atoms. The lowest BCUT2D eigenvalue weighted by Crippen LogP contribution is -2.44. The summed E-state index contributed by atoms with van der Waals surface area (Å²) in [6.45, 7) is 4.88. The molecule has 2 fully saturated rings. The van der Waals surface area contributed by atoms with E-state index in [0.29, 0.717) is 18.3 Å². The smallest absolute Gasteiger partial charge is 0.273 e. The zero-order valence-corrected chi connectivity index (χ0v) is 14.0. The Hall–Kier alpha value is -0.980. The highest BCUT2D eigenvalue weighted by Gasteiger charge is 2.32. The summed E-state index contributed by atoms with van der Waals surface area (Å²) in [7, 11) is 0. The first-order valence-corrected chi connectivity index (χ1v) is 9.33. The van der Waals surface area contributed by atoms with Gasteiger partial charge in [-0.2, -0.15) is 0 Å². The van der Waals surface area contributed by atoms with Gasteiger partial charge in [-0.1, -0.05) is 6.42 Å². The van der Waals surface area contributed by atoms with Crippen LogP contribution in [0.4, 0.5) is 0 Å². The number of hydrogen-bond donors (Lipinski definition) is 1. The topological polar surface area (TPSA) is 62.5 Å². The molecule has 5 nitrogen and oxygen atoms in total. The second-order valence-corrected chi connectivity index (χ2v) is 7.26. The SMILES string of the molecule is NCCc1nc(C(=O)N2CCCC2CN2CCCCC2)cs1. The fourth-order valence-corrected chi connectivity index (χ4v) is 4.32. The number of likely N-dealkylation sites (tertiary alicyclic amines) is 2. The first kappa shape index (κ1) is 15.9. The number of rotatable bonds is 5. The van der Waals surface area contributed by atoms with Gasteiger partial charge in [0, 0.05) is 30.9 Å². The number of nitrogens with two attached hydrogens (primary N) is 1. The van der Waals surface area contributed by atoms with Crippen molar-refractivity contribution in [2.75, 3.05) is 32.7 Å². The molecule has 3 heterocycles. The quantitative estimate of drug-likeness (QED) is 0.897. The summed E-state index contributed by atoms with van der Waals surface area (Å²) >= 11 is 1.55. The van der Waals surface area contributed by atoms with Crippen molar-refractivity contribution in [1.82, 2.24) is 14.8 Å². The van der Waals surface area contributed by atoms with Crippen LogP contribution in [0.1, 0.15) is 47.6 Å². The first-order chi connectivity index (χ1) is 10.8. The molecule has 1 aromatic rings. The fraction of sp³-hybridized carbons (Fsp3) is 0.750. The van der Waals surface area contributed by atoms with E-state index < -0.39 is 0 Å². The molecule has 2 saturated heterocycles. The fourth-order valence-electron chi connectivity index (χ4n) is 3.53. The summed E-state index contributed by atoms with van der Waals surface area (Å²) in [5, 5.41) is 2.86. The van der Waals surface area contributed by atoms with Gasteiger partial charge in [0.25, 0.3) is 5.91 Å². The van der Waals surface area contributed by atoms with E-state index in [9.17, 15) is 4.79 Å². The van der Waals surface area contributed by atoms with Crippen molar-refractivity contribution in [2.45, 2.75) is 44.6 Å². The van der Waals surface area contributed by atoms with E-state index in [2.05, 4.69) is 14.8 Å². The van der Waals surface area contributed by atoms with Gasteiger partial charge >= 0.3 is 0 Å². The van der Waals surface area contributed by atoms with Gasteiger partial charge in [0.1, 0.15) is 5.69 Å². The Morgan fingerprint density at radius 3 is 2.86 bits per heavy atom. The molecule has 2 N–H and O–H groups in total. The van der Waals surface area contributed by atoms with Crippen LogP contribution in [0, 0.1) is 0 Å². The van der Waals surface area contributed by atoms with Crippen LogP contribution in [0.25, 0.3) is 0 Å². The van der Waals surface area contributed by atoms with Crippen molar-refractivity contribution in [2.24, 2.45) is 5.73 Å². The van der Waals surface area contributed by atoms with E-state index in [0.717, 1.165) is 37.4 Å². The molecule has 1 atom stereocenters. The van der Waals surface area contributed by atoms with Crippen LogP contribution >= 0.6 is 11.3 Å². The third kappa shape index (κ3) is 3.67. The molecule has 6 heteroatoms. The van der Waals surface area contributed by atoms with Crippen LogP contribution in [-0.2, 0) is 6.42 Å². The molecule has 2 aliphatic heterocycles. The van der Waals surface area contributed by atoms with Gasteiger partial charge in [-0.15, -0.1) is 11.3 Å². The Balaban J connectivity index is 1.62. The highest BCUT2D eigenvalue weighted by Crippen LogP contribution is 2.23. The molecule has 1 amide bonds. The standard InChI is InChI=1S/C16H26N4OS/c17-7-6-15-18-14(12-22-15)16(21)20-10-4-5-13(20)11-19-8-2-1-3-9-19/h12-13H,1-11,17H2. The number of carbonyl (C=O) groups excluding carboxylic acids is 1. The Bertz CT molecular complexity index is 498. The number of amides is 1. The molecule has 0 spiro atoms. The Morgan fingerprint density at radius 2 is 2.09 bits per heavy atom. The Kier molecular flexibility index (Phi) is 5.44. The average molecular weight is 322 g/mol. The summed E-state index contributed by atoms with van der Waals surface area (Å²) in [5.41, 5.74) is 6.17. The number of thiazole rings is 1. The molecule has 122 valence electrons. The van der Waals surface area contributed by atoms with E-state index in [4.69, 9.17) is 5.73 Å². The maximum absolute atomic E-state index is 12.7. The molecule has 0 saturated carbocycles. The molecule has 3 rings (SSSR count). The molecule has 0 aromatic carbocycles. The minimum Gasteiger partial charge on any atom is -0.333 e. The molecular formula is C16H26N4OS. The van der Waals surface area contributed by atoms with Crippen LogP contribution < -0.4 is 5.73 Å². The number of aromatic nitrogens is 1. The number of hydrogen-bond acceptors (Lipinski definition) is 5. The van der Waals surface area contributed by atoms with E-state index >= 15 is 0 Å². The monoisotopic (exact) mass is 322 g/mol. The zero-order chi connectivity index (χ0) is 15.4. The maximum atomic E-state index is 12.7. The van der Waals surface area contributed by atoms with Crippen LogP contribution in [0.2, 0.25) is 0 Å². The van der Waals surface area contributed by atoms with Crippen LogP contribution in [0.3, 0.4) is 0 Å². The minimum absolute atomic E-state index is 0.110. The van der Waals surface area contributed by atoms with Gasteiger partial charge in [0.15, 0.2) is 0 Å². The van der Waals surface area contributed by atoms with Crippen LogP contribution in [-0.4, -0.2) is 59.5 Å². The Morgan fingerprint density at radius 1 is 1.27 bits per heavy atom. The lowest BCUT2D eigenvalue weighted by molar-refractivity contribution is 0.0685. The van der Waals surface area contributed by atoms with Crippen molar-refractivity contribution in [3.63, 3.8) is 0 Å². The highest BCUT2D eigenvalue weighted by molar-refractivity contribution is 7.09.